The number of aryl methyl sites for hydroxylation is 1. The van der Waals surface area contributed by atoms with Gasteiger partial charge in [0, 0.05) is 51.3 Å². The van der Waals surface area contributed by atoms with Crippen LogP contribution in [0.2, 0.25) is 18.1 Å². The Labute approximate surface area is 316 Å². The summed E-state index contributed by atoms with van der Waals surface area (Å²) in [5.41, 5.74) is 1.89. The number of rotatable bonds is 12. The third kappa shape index (κ3) is 11.8. The Morgan fingerprint density at radius 3 is 2.17 bits per heavy atom. The number of imidazole rings is 1. The summed E-state index contributed by atoms with van der Waals surface area (Å²) < 4.78 is 25.6. The van der Waals surface area contributed by atoms with Crippen molar-refractivity contribution in [2.45, 2.75) is 137 Å². The number of aromatic nitrogens is 5. The molecule has 4 heterocycles. The largest absolute Gasteiger partial charge is 0.462 e. The number of amides is 2. The highest BCUT2D eigenvalue weighted by Gasteiger charge is 2.39. The second-order valence-electron chi connectivity index (χ2n) is 17.4. The Kier molecular flexibility index (Phi) is 13.1. The van der Waals surface area contributed by atoms with Gasteiger partial charge >= 0.3 is 18.2 Å². The van der Waals surface area contributed by atoms with Crippen LogP contribution in [0.4, 0.5) is 21.2 Å². The van der Waals surface area contributed by atoms with Gasteiger partial charge in [-0.1, -0.05) is 40.2 Å². The molecule has 3 aromatic rings. The second kappa shape index (κ2) is 16.6. The van der Waals surface area contributed by atoms with Gasteiger partial charge in [-0.05, 0) is 84.1 Å². The minimum absolute atomic E-state index is 0.0559. The molecule has 1 fully saturated rings. The van der Waals surface area contributed by atoms with E-state index in [1.165, 1.54) is 0 Å². The van der Waals surface area contributed by atoms with E-state index in [9.17, 15) is 9.59 Å². The van der Waals surface area contributed by atoms with Crippen LogP contribution in [0.15, 0.2) is 18.5 Å². The van der Waals surface area contributed by atoms with E-state index in [0.717, 1.165) is 35.5 Å². The van der Waals surface area contributed by atoms with E-state index in [1.54, 1.807) is 36.4 Å². The summed E-state index contributed by atoms with van der Waals surface area (Å²) in [4.78, 5) is 43.3. The van der Waals surface area contributed by atoms with Gasteiger partial charge in [-0.15, -0.1) is 5.10 Å². The molecule has 0 spiro atoms. The van der Waals surface area contributed by atoms with E-state index in [0.29, 0.717) is 51.3 Å². The van der Waals surface area contributed by atoms with Crippen LogP contribution in [0.5, 0.6) is 6.01 Å². The first kappa shape index (κ1) is 41.8. The number of carbonyl (C=O) groups is 2. The maximum atomic E-state index is 12.9. The molecule has 1 saturated heterocycles. The van der Waals surface area contributed by atoms with Gasteiger partial charge in [-0.3, -0.25) is 5.32 Å². The first-order valence-electron chi connectivity index (χ1n) is 18.8. The lowest BCUT2D eigenvalue weighted by molar-refractivity contribution is 0.0240. The summed E-state index contributed by atoms with van der Waals surface area (Å²) >= 11 is 0. The van der Waals surface area contributed by atoms with Crippen molar-refractivity contribution in [3.05, 3.63) is 35.3 Å². The van der Waals surface area contributed by atoms with Crippen molar-refractivity contribution in [1.29, 1.82) is 0 Å². The number of nitrogens with one attached hydrogen (secondary N) is 1. The number of carbonyl (C=O) groups excluding carboxylic acids is 2. The van der Waals surface area contributed by atoms with Crippen LogP contribution in [0.1, 0.15) is 105 Å². The highest BCUT2D eigenvalue weighted by atomic mass is 28.4. The molecule has 15 heteroatoms. The Hall–Kier alpha value is -3.98. The van der Waals surface area contributed by atoms with Gasteiger partial charge in [-0.2, -0.15) is 4.98 Å². The number of nitrogens with zero attached hydrogens (tertiary/aromatic N) is 7. The fraction of sp³-hybridized carbons (Fsp3) is 0.684. The van der Waals surface area contributed by atoms with Crippen LogP contribution in [0.25, 0.3) is 5.65 Å². The fourth-order valence-electron chi connectivity index (χ4n) is 5.72. The number of ether oxygens (including phenoxy) is 3. The third-order valence-corrected chi connectivity index (χ3v) is 13.8. The van der Waals surface area contributed by atoms with E-state index in [4.69, 9.17) is 28.7 Å². The van der Waals surface area contributed by atoms with Crippen LogP contribution in [0, 0.1) is 6.92 Å². The zero-order chi connectivity index (χ0) is 39.4. The summed E-state index contributed by atoms with van der Waals surface area (Å²) in [5.74, 6) is 1.07. The molecule has 2 amide bonds. The average Bonchev–Trinajstić information content (AvgIpc) is 3.41. The van der Waals surface area contributed by atoms with E-state index < -0.39 is 25.6 Å². The van der Waals surface area contributed by atoms with Gasteiger partial charge in [0.05, 0.1) is 18.5 Å². The van der Waals surface area contributed by atoms with E-state index in [2.05, 4.69) is 67.0 Å². The predicted molar refractivity (Wildman–Crippen MR) is 210 cm³/mol. The topological polar surface area (TPSA) is 146 Å². The highest BCUT2D eigenvalue weighted by Crippen LogP contribution is 2.38. The Balaban J connectivity index is 1.53. The van der Waals surface area contributed by atoms with Crippen LogP contribution in [-0.4, -0.2) is 100 Å². The van der Waals surface area contributed by atoms with Crippen LogP contribution in [0.3, 0.4) is 0 Å². The maximum absolute atomic E-state index is 12.9. The lowest BCUT2D eigenvalue weighted by atomic mass is 10.1. The van der Waals surface area contributed by atoms with Crippen molar-refractivity contribution in [3.63, 3.8) is 0 Å². The molecule has 14 nitrogen and oxygen atoms in total. The smallest absolute Gasteiger partial charge is 0.413 e. The zero-order valence-electron chi connectivity index (χ0n) is 34.3. The first-order valence-corrected chi connectivity index (χ1v) is 21.7. The van der Waals surface area contributed by atoms with Crippen LogP contribution in [-0.2, 0) is 20.3 Å². The Bertz CT molecular complexity index is 1720. The number of piperazine rings is 1. The zero-order valence-corrected chi connectivity index (χ0v) is 35.3. The number of anilines is 2. The third-order valence-electron chi connectivity index (χ3n) is 9.31. The lowest BCUT2D eigenvalue weighted by Crippen LogP contribution is -2.50. The molecule has 3 aromatic heterocycles. The number of hydrogen-bond acceptors (Lipinski definition) is 11. The summed E-state index contributed by atoms with van der Waals surface area (Å²) in [7, 11) is -1.97. The summed E-state index contributed by atoms with van der Waals surface area (Å²) in [6.45, 7) is 29.3. The van der Waals surface area contributed by atoms with Crippen molar-refractivity contribution in [3.8, 4) is 6.01 Å². The summed E-state index contributed by atoms with van der Waals surface area (Å²) in [5, 5.41) is 7.57. The average molecular weight is 755 g/mol. The van der Waals surface area contributed by atoms with Gasteiger partial charge in [-0.25, -0.2) is 24.1 Å². The Morgan fingerprint density at radius 1 is 0.925 bits per heavy atom. The number of hydrogen-bond donors (Lipinski definition) is 1. The normalized spacial score (nSPS) is 15.0. The van der Waals surface area contributed by atoms with Crippen molar-refractivity contribution in [2.75, 3.05) is 43.0 Å². The number of fused-ring (bicyclic) bond motifs is 1. The molecule has 0 aliphatic carbocycles. The van der Waals surface area contributed by atoms with Gasteiger partial charge in [0.1, 0.15) is 17.0 Å². The second-order valence-corrected chi connectivity index (χ2v) is 22.2. The SMILES string of the molecule is CCCC(CCOc1nc(NC(=O)OC(C)(C)C)c2ncc(Cc3cnc(N4CCN(C(=O)OC(C)(C)C)CC4)c(C)c3)n2n1)O[Si](C)(C)C(C)(C)C. The monoisotopic (exact) mass is 754 g/mol. The van der Waals surface area contributed by atoms with Gasteiger partial charge in [0.15, 0.2) is 19.8 Å². The molecule has 4 rings (SSSR count). The minimum Gasteiger partial charge on any atom is -0.462 e. The molecule has 0 radical (unpaired) electrons. The van der Waals surface area contributed by atoms with E-state index >= 15 is 0 Å². The maximum Gasteiger partial charge on any atom is 0.413 e. The molecule has 0 bridgehead atoms. The molecular weight excluding hydrogens is 693 g/mol. The van der Waals surface area contributed by atoms with Crippen molar-refractivity contribution in [2.24, 2.45) is 0 Å². The standard InChI is InChI=1S/C38H62N8O6Si/c1-14-15-29(52-53(12,13)38(9,10)11)16-21-49-33-41-30(42-34(47)50-36(3,4)5)32-40-25-28(46(32)43-33)23-27-22-26(2)31(39-24-27)44-17-19-45(20-18-44)35(48)51-37(6,7)8/h22,24-25,29H,14-21,23H2,1-13H3,(H,41,42,43,47). The molecule has 1 aliphatic rings. The van der Waals surface area contributed by atoms with E-state index in [1.807, 2.05) is 33.9 Å². The van der Waals surface area contributed by atoms with Crippen molar-refractivity contribution >= 4 is 37.8 Å². The van der Waals surface area contributed by atoms with Gasteiger partial charge in [0.2, 0.25) is 0 Å². The summed E-state index contributed by atoms with van der Waals surface area (Å²) in [6, 6.07) is 2.22. The lowest BCUT2D eigenvalue weighted by Gasteiger charge is -2.39. The molecule has 53 heavy (non-hydrogen) atoms. The molecular formula is C38H62N8O6Si. The number of pyridine rings is 1. The quantitative estimate of drug-likeness (QED) is 0.181. The molecule has 1 N–H and O–H groups in total. The van der Waals surface area contributed by atoms with Crippen LogP contribution < -0.4 is 15.0 Å². The van der Waals surface area contributed by atoms with Crippen LogP contribution >= 0.6 is 0 Å². The Morgan fingerprint density at radius 2 is 1.58 bits per heavy atom. The van der Waals surface area contributed by atoms with Crippen molar-refractivity contribution in [1.82, 2.24) is 29.5 Å². The molecule has 0 aromatic carbocycles. The first-order chi connectivity index (χ1) is 24.5. The molecule has 1 atom stereocenters. The predicted octanol–water partition coefficient (Wildman–Crippen LogP) is 7.78. The minimum atomic E-state index is -1.97. The fourth-order valence-corrected chi connectivity index (χ4v) is 7.15. The molecule has 0 saturated carbocycles. The molecule has 294 valence electrons. The molecule has 1 aliphatic heterocycles. The molecule has 1 unspecified atom stereocenters. The van der Waals surface area contributed by atoms with Gasteiger partial charge in [0.25, 0.3) is 0 Å². The summed E-state index contributed by atoms with van der Waals surface area (Å²) in [6.07, 6.45) is 5.79. The van der Waals surface area contributed by atoms with E-state index in [-0.39, 0.29) is 29.1 Å². The van der Waals surface area contributed by atoms with Gasteiger partial charge < -0.3 is 28.4 Å². The highest BCUT2D eigenvalue weighted by molar-refractivity contribution is 6.74. The van der Waals surface area contributed by atoms with Crippen molar-refractivity contribution < 1.29 is 28.2 Å².